The quantitative estimate of drug-likeness (QED) is 0.473. The maximum Gasteiger partial charge on any atom is 0.173 e. The average molecular weight is 444 g/mol. The van der Waals surface area contributed by atoms with Crippen molar-refractivity contribution < 1.29 is 0 Å². The number of hydrogen-bond acceptors (Lipinski definition) is 4. The Balaban J connectivity index is 2.05. The number of benzene rings is 2. The second kappa shape index (κ2) is 9.29. The zero-order chi connectivity index (χ0) is 21.9. The summed E-state index contributed by atoms with van der Waals surface area (Å²) < 4.78 is 1.91. The second-order valence-electron chi connectivity index (χ2n) is 8.59. The lowest BCUT2D eigenvalue weighted by atomic mass is 9.86. The molecular formula is C23H27Cl2N5. The van der Waals surface area contributed by atoms with Crippen molar-refractivity contribution in [3.63, 3.8) is 0 Å². The number of aromatic nitrogens is 4. The highest BCUT2D eigenvalue weighted by molar-refractivity contribution is 6.35. The first-order valence-corrected chi connectivity index (χ1v) is 10.6. The van der Waals surface area contributed by atoms with Gasteiger partial charge in [-0.1, -0.05) is 92.5 Å². The van der Waals surface area contributed by atoms with Crippen LogP contribution in [0.4, 0.5) is 0 Å². The van der Waals surface area contributed by atoms with Gasteiger partial charge in [-0.15, -0.1) is 5.10 Å². The van der Waals surface area contributed by atoms with Crippen LogP contribution in [0.25, 0.3) is 6.08 Å². The van der Waals surface area contributed by atoms with E-state index < -0.39 is 0 Å². The van der Waals surface area contributed by atoms with Crippen LogP contribution < -0.4 is 0 Å². The lowest BCUT2D eigenvalue weighted by molar-refractivity contribution is 0.245. The summed E-state index contributed by atoms with van der Waals surface area (Å²) in [6, 6.07) is 15.6. The van der Waals surface area contributed by atoms with Gasteiger partial charge in [0, 0.05) is 10.0 Å². The molecular weight excluding hydrogens is 417 g/mol. The molecule has 2 atom stereocenters. The number of nitrogens with zero attached hydrogens (tertiary/aromatic N) is 5. The third-order valence-corrected chi connectivity index (χ3v) is 5.53. The largest absolute Gasteiger partial charge is 0.296 e. The van der Waals surface area contributed by atoms with Crippen molar-refractivity contribution in [2.45, 2.75) is 32.9 Å². The first-order valence-electron chi connectivity index (χ1n) is 9.81. The summed E-state index contributed by atoms with van der Waals surface area (Å²) in [5.74, 6) is 0.790. The fourth-order valence-corrected chi connectivity index (χ4v) is 3.93. The van der Waals surface area contributed by atoms with Crippen LogP contribution in [0, 0.1) is 5.41 Å². The molecule has 5 nitrogen and oxygen atoms in total. The van der Waals surface area contributed by atoms with Gasteiger partial charge in [0.25, 0.3) is 0 Å². The first kappa shape index (κ1) is 22.5. The Morgan fingerprint density at radius 1 is 1.03 bits per heavy atom. The highest BCUT2D eigenvalue weighted by atomic mass is 35.5. The van der Waals surface area contributed by atoms with Crippen LogP contribution in [-0.2, 0) is 0 Å². The van der Waals surface area contributed by atoms with Crippen molar-refractivity contribution in [3.05, 3.63) is 81.6 Å². The highest BCUT2D eigenvalue weighted by Gasteiger charge is 2.31. The van der Waals surface area contributed by atoms with Gasteiger partial charge in [0.05, 0.1) is 12.1 Å². The minimum Gasteiger partial charge on any atom is -0.296 e. The minimum atomic E-state index is -0.132. The third kappa shape index (κ3) is 5.09. The highest BCUT2D eigenvalue weighted by Crippen LogP contribution is 2.35. The van der Waals surface area contributed by atoms with Crippen LogP contribution in [0.2, 0.25) is 10.0 Å². The molecule has 1 aromatic heterocycles. The van der Waals surface area contributed by atoms with E-state index in [1.165, 1.54) is 0 Å². The molecule has 0 radical (unpaired) electrons. The maximum absolute atomic E-state index is 6.37. The van der Waals surface area contributed by atoms with Crippen molar-refractivity contribution in [3.8, 4) is 0 Å². The minimum absolute atomic E-state index is 0.0708. The number of rotatable bonds is 6. The molecule has 2 aromatic carbocycles. The van der Waals surface area contributed by atoms with E-state index in [9.17, 15) is 0 Å². The topological polar surface area (TPSA) is 46.8 Å². The summed E-state index contributed by atoms with van der Waals surface area (Å²) >= 11 is 12.4. The van der Waals surface area contributed by atoms with Crippen molar-refractivity contribution in [2.24, 2.45) is 5.41 Å². The summed E-state index contributed by atoms with van der Waals surface area (Å²) in [6.07, 6.45) is 4.11. The molecule has 0 saturated heterocycles. The Morgan fingerprint density at radius 3 is 2.33 bits per heavy atom. The molecule has 3 aromatic rings. The van der Waals surface area contributed by atoms with Gasteiger partial charge in [-0.05, 0) is 53.2 Å². The van der Waals surface area contributed by atoms with Crippen molar-refractivity contribution >= 4 is 29.3 Å². The lowest BCUT2D eigenvalue weighted by Crippen LogP contribution is -2.30. The molecule has 0 aliphatic rings. The normalized spacial score (nSPS) is 14.4. The maximum atomic E-state index is 6.37. The van der Waals surface area contributed by atoms with Crippen LogP contribution in [0.15, 0.2) is 54.6 Å². The van der Waals surface area contributed by atoms with Gasteiger partial charge in [-0.2, -0.15) is 0 Å². The number of halogens is 2. The molecule has 0 amide bonds. The van der Waals surface area contributed by atoms with Gasteiger partial charge in [0.2, 0.25) is 0 Å². The van der Waals surface area contributed by atoms with Crippen LogP contribution in [0.3, 0.4) is 0 Å². The summed E-state index contributed by atoms with van der Waals surface area (Å²) in [6.45, 7) is 6.51. The molecule has 7 heteroatoms. The van der Waals surface area contributed by atoms with Gasteiger partial charge in [-0.25, -0.2) is 4.68 Å². The van der Waals surface area contributed by atoms with Crippen molar-refractivity contribution in [1.29, 1.82) is 0 Å². The molecule has 3 rings (SSSR count). The van der Waals surface area contributed by atoms with E-state index >= 15 is 0 Å². The lowest BCUT2D eigenvalue weighted by Gasteiger charge is -2.31. The SMILES string of the molecule is CN(C)C(c1ccccc1)c1nnnn1C(C=Cc1ccc(Cl)cc1Cl)C(C)(C)C. The third-order valence-electron chi connectivity index (χ3n) is 4.97. The standard InChI is InChI=1S/C23H27Cl2N5/c1-23(2,3)20(14-12-16-11-13-18(24)15-19(16)25)30-22(26-27-28-30)21(29(4)5)17-9-7-6-8-10-17/h6-15,20-21H,1-5H3. The zero-order valence-electron chi connectivity index (χ0n) is 17.9. The van der Waals surface area contributed by atoms with Gasteiger partial charge in [0.1, 0.15) is 0 Å². The Bertz CT molecular complexity index is 1010. The Kier molecular flexibility index (Phi) is 6.96. The molecule has 0 spiro atoms. The Hall–Kier alpha value is -2.21. The average Bonchev–Trinajstić information content (AvgIpc) is 3.12. The molecule has 0 aliphatic carbocycles. The molecule has 158 valence electrons. The number of allylic oxidation sites excluding steroid dienone is 1. The van der Waals surface area contributed by atoms with E-state index in [2.05, 4.69) is 59.4 Å². The first-order chi connectivity index (χ1) is 14.2. The van der Waals surface area contributed by atoms with Crippen molar-refractivity contribution in [2.75, 3.05) is 14.1 Å². The van der Waals surface area contributed by atoms with Gasteiger partial charge >= 0.3 is 0 Å². The van der Waals surface area contributed by atoms with E-state index in [0.717, 1.165) is 17.0 Å². The summed E-state index contributed by atoms with van der Waals surface area (Å²) in [5.41, 5.74) is 1.90. The van der Waals surface area contributed by atoms with Gasteiger partial charge in [0.15, 0.2) is 5.82 Å². The molecule has 0 saturated carbocycles. The monoisotopic (exact) mass is 443 g/mol. The van der Waals surface area contributed by atoms with Crippen molar-refractivity contribution in [1.82, 2.24) is 25.1 Å². The predicted molar refractivity (Wildman–Crippen MR) is 124 cm³/mol. The van der Waals surface area contributed by atoms with E-state index in [1.807, 2.05) is 55.2 Å². The van der Waals surface area contributed by atoms with E-state index in [4.69, 9.17) is 23.2 Å². The molecule has 0 bridgehead atoms. The van der Waals surface area contributed by atoms with E-state index in [-0.39, 0.29) is 17.5 Å². The summed E-state index contributed by atoms with van der Waals surface area (Å²) in [4.78, 5) is 2.12. The molecule has 0 N–H and O–H groups in total. The fourth-order valence-electron chi connectivity index (χ4n) is 3.46. The molecule has 2 unspecified atom stereocenters. The van der Waals surface area contributed by atoms with Gasteiger partial charge < -0.3 is 0 Å². The Labute approximate surface area is 188 Å². The summed E-state index contributed by atoms with van der Waals surface area (Å²) in [5, 5.41) is 14.1. The van der Waals surface area contributed by atoms with Crippen LogP contribution in [-0.4, -0.2) is 39.2 Å². The summed E-state index contributed by atoms with van der Waals surface area (Å²) in [7, 11) is 4.07. The smallest absolute Gasteiger partial charge is 0.173 e. The molecule has 0 aliphatic heterocycles. The zero-order valence-corrected chi connectivity index (χ0v) is 19.4. The van der Waals surface area contributed by atoms with E-state index in [1.54, 1.807) is 6.07 Å². The predicted octanol–water partition coefficient (Wildman–Crippen LogP) is 5.93. The van der Waals surface area contributed by atoms with Crippen LogP contribution in [0.5, 0.6) is 0 Å². The fraction of sp³-hybridized carbons (Fsp3) is 0.348. The number of hydrogen-bond donors (Lipinski definition) is 0. The molecule has 1 heterocycles. The molecule has 0 fully saturated rings. The van der Waals surface area contributed by atoms with E-state index in [0.29, 0.717) is 10.0 Å². The van der Waals surface area contributed by atoms with Gasteiger partial charge in [-0.3, -0.25) is 4.90 Å². The van der Waals surface area contributed by atoms with Crippen LogP contribution >= 0.6 is 23.2 Å². The Morgan fingerprint density at radius 2 is 1.73 bits per heavy atom. The number of tetrazole rings is 1. The van der Waals surface area contributed by atoms with Crippen LogP contribution in [0.1, 0.15) is 49.8 Å². The second-order valence-corrected chi connectivity index (χ2v) is 9.44. The molecule has 30 heavy (non-hydrogen) atoms.